The predicted molar refractivity (Wildman–Crippen MR) is 71.3 cm³/mol. The van der Waals surface area contributed by atoms with Crippen LogP contribution in [0.3, 0.4) is 0 Å². The molecule has 18 heavy (non-hydrogen) atoms. The van der Waals surface area contributed by atoms with E-state index in [1.54, 1.807) is 17.0 Å². The maximum Gasteiger partial charge on any atom is 0.321 e. The van der Waals surface area contributed by atoms with E-state index in [0.717, 1.165) is 5.56 Å². The number of hydrogen-bond donors (Lipinski definition) is 2. The van der Waals surface area contributed by atoms with Crippen molar-refractivity contribution in [3.8, 4) is 0 Å². The Kier molecular flexibility index (Phi) is 5.17. The van der Waals surface area contributed by atoms with E-state index in [9.17, 15) is 9.59 Å². The molecule has 0 radical (unpaired) electrons. The van der Waals surface area contributed by atoms with Crippen LogP contribution in [0, 0.1) is 0 Å². The summed E-state index contributed by atoms with van der Waals surface area (Å²) in [6.07, 6.45) is 0.120. The lowest BCUT2D eigenvalue weighted by atomic mass is 10.1. The standard InChI is InChI=1S/C13H19N3O2/c1-3-16(4-2)13(18)15-11-8-6-5-7-10(11)9-12(14)17/h5-8H,3-4,9H2,1-2H3,(H2,14,17)(H,15,18). The van der Waals surface area contributed by atoms with Crippen LogP contribution < -0.4 is 11.1 Å². The van der Waals surface area contributed by atoms with E-state index in [-0.39, 0.29) is 12.5 Å². The van der Waals surface area contributed by atoms with Gasteiger partial charge < -0.3 is 16.0 Å². The topological polar surface area (TPSA) is 75.4 Å². The van der Waals surface area contributed by atoms with Gasteiger partial charge in [-0.1, -0.05) is 18.2 Å². The Morgan fingerprint density at radius 2 is 1.83 bits per heavy atom. The molecule has 0 aliphatic heterocycles. The van der Waals surface area contributed by atoms with Crippen molar-refractivity contribution in [1.29, 1.82) is 0 Å². The molecule has 0 spiro atoms. The maximum absolute atomic E-state index is 11.9. The number of hydrogen-bond acceptors (Lipinski definition) is 2. The number of urea groups is 1. The summed E-state index contributed by atoms with van der Waals surface area (Å²) in [6.45, 7) is 5.11. The Hall–Kier alpha value is -2.04. The van der Waals surface area contributed by atoms with Crippen molar-refractivity contribution in [3.63, 3.8) is 0 Å². The molecule has 0 saturated heterocycles. The summed E-state index contributed by atoms with van der Waals surface area (Å²) < 4.78 is 0. The van der Waals surface area contributed by atoms with E-state index in [1.165, 1.54) is 0 Å². The van der Waals surface area contributed by atoms with Crippen molar-refractivity contribution in [2.75, 3.05) is 18.4 Å². The van der Waals surface area contributed by atoms with Gasteiger partial charge in [-0.15, -0.1) is 0 Å². The van der Waals surface area contributed by atoms with Crippen molar-refractivity contribution in [1.82, 2.24) is 4.90 Å². The zero-order valence-corrected chi connectivity index (χ0v) is 10.8. The molecule has 0 aromatic heterocycles. The fourth-order valence-corrected chi connectivity index (χ4v) is 1.69. The highest BCUT2D eigenvalue weighted by Gasteiger charge is 2.12. The lowest BCUT2D eigenvalue weighted by molar-refractivity contribution is -0.117. The molecule has 3 N–H and O–H groups in total. The Morgan fingerprint density at radius 3 is 2.39 bits per heavy atom. The molecule has 0 bridgehead atoms. The number of anilines is 1. The third-order valence-electron chi connectivity index (χ3n) is 2.67. The molecule has 0 aliphatic rings. The van der Waals surface area contributed by atoms with Crippen LogP contribution in [0.25, 0.3) is 0 Å². The van der Waals surface area contributed by atoms with E-state index >= 15 is 0 Å². The average Bonchev–Trinajstić information content (AvgIpc) is 2.32. The van der Waals surface area contributed by atoms with Crippen LogP contribution in [0.5, 0.6) is 0 Å². The van der Waals surface area contributed by atoms with Gasteiger partial charge in [0.25, 0.3) is 0 Å². The second kappa shape index (κ2) is 6.64. The Labute approximate surface area is 107 Å². The number of nitrogens with one attached hydrogen (secondary N) is 1. The highest BCUT2D eigenvalue weighted by Crippen LogP contribution is 2.16. The molecule has 3 amide bonds. The van der Waals surface area contributed by atoms with Crippen LogP contribution >= 0.6 is 0 Å². The number of benzene rings is 1. The van der Waals surface area contributed by atoms with Gasteiger partial charge in [0.1, 0.15) is 0 Å². The minimum absolute atomic E-state index is 0.120. The van der Waals surface area contributed by atoms with Crippen molar-refractivity contribution >= 4 is 17.6 Å². The zero-order chi connectivity index (χ0) is 13.5. The maximum atomic E-state index is 11.9. The molecule has 0 fully saturated rings. The van der Waals surface area contributed by atoms with Crippen LogP contribution in [0.4, 0.5) is 10.5 Å². The number of carbonyl (C=O) groups excluding carboxylic acids is 2. The van der Waals surface area contributed by atoms with Crippen LogP contribution in [0.1, 0.15) is 19.4 Å². The van der Waals surface area contributed by atoms with Gasteiger partial charge in [-0.2, -0.15) is 0 Å². The quantitative estimate of drug-likeness (QED) is 0.831. The van der Waals surface area contributed by atoms with Crippen LogP contribution in [0.2, 0.25) is 0 Å². The molecule has 1 aromatic rings. The first kappa shape index (κ1) is 14.0. The van der Waals surface area contributed by atoms with E-state index in [2.05, 4.69) is 5.32 Å². The molecule has 0 heterocycles. The summed E-state index contributed by atoms with van der Waals surface area (Å²) in [5.74, 6) is -0.417. The van der Waals surface area contributed by atoms with Crippen LogP contribution in [0.15, 0.2) is 24.3 Å². The van der Waals surface area contributed by atoms with Gasteiger partial charge in [0.05, 0.1) is 6.42 Å². The van der Waals surface area contributed by atoms with Gasteiger partial charge in [-0.25, -0.2) is 4.79 Å². The first-order chi connectivity index (χ1) is 8.58. The summed E-state index contributed by atoms with van der Waals surface area (Å²) >= 11 is 0. The Bertz CT molecular complexity index is 428. The van der Waals surface area contributed by atoms with Crippen LogP contribution in [-0.4, -0.2) is 29.9 Å². The van der Waals surface area contributed by atoms with Gasteiger partial charge in [-0.05, 0) is 25.5 Å². The normalized spacial score (nSPS) is 9.89. The number of nitrogens with two attached hydrogens (primary N) is 1. The monoisotopic (exact) mass is 249 g/mol. The lowest BCUT2D eigenvalue weighted by Crippen LogP contribution is -2.34. The van der Waals surface area contributed by atoms with E-state index < -0.39 is 5.91 Å². The molecular formula is C13H19N3O2. The largest absolute Gasteiger partial charge is 0.369 e. The summed E-state index contributed by atoms with van der Waals surface area (Å²) in [6, 6.07) is 6.99. The van der Waals surface area contributed by atoms with Gasteiger partial charge >= 0.3 is 6.03 Å². The highest BCUT2D eigenvalue weighted by atomic mass is 16.2. The molecule has 5 heteroatoms. The molecule has 0 aliphatic carbocycles. The molecular weight excluding hydrogens is 230 g/mol. The number of rotatable bonds is 5. The molecule has 0 unspecified atom stereocenters. The van der Waals surface area contributed by atoms with Gasteiger partial charge in [-0.3, -0.25) is 4.79 Å². The summed E-state index contributed by atoms with van der Waals surface area (Å²) in [7, 11) is 0. The minimum Gasteiger partial charge on any atom is -0.369 e. The number of amides is 3. The first-order valence-electron chi connectivity index (χ1n) is 6.00. The van der Waals surface area contributed by atoms with Gasteiger partial charge in [0, 0.05) is 18.8 Å². The Balaban J connectivity index is 2.83. The molecule has 1 aromatic carbocycles. The second-order valence-corrected chi connectivity index (χ2v) is 3.90. The van der Waals surface area contributed by atoms with Crippen LogP contribution in [-0.2, 0) is 11.2 Å². The van der Waals surface area contributed by atoms with Gasteiger partial charge in [0.15, 0.2) is 0 Å². The number of primary amides is 1. The zero-order valence-electron chi connectivity index (χ0n) is 10.8. The Morgan fingerprint density at radius 1 is 1.22 bits per heavy atom. The van der Waals surface area contributed by atoms with Crippen molar-refractivity contribution in [2.45, 2.75) is 20.3 Å². The number of nitrogens with zero attached hydrogens (tertiary/aromatic N) is 1. The average molecular weight is 249 g/mol. The third kappa shape index (κ3) is 3.76. The lowest BCUT2D eigenvalue weighted by Gasteiger charge is -2.20. The molecule has 0 atom stereocenters. The third-order valence-corrected chi connectivity index (χ3v) is 2.67. The van der Waals surface area contributed by atoms with E-state index in [0.29, 0.717) is 18.8 Å². The molecule has 1 rings (SSSR count). The summed E-state index contributed by atoms with van der Waals surface area (Å²) in [5, 5.41) is 2.80. The summed E-state index contributed by atoms with van der Waals surface area (Å²) in [4.78, 5) is 24.5. The SMILES string of the molecule is CCN(CC)C(=O)Nc1ccccc1CC(N)=O. The van der Waals surface area contributed by atoms with E-state index in [1.807, 2.05) is 26.0 Å². The fourth-order valence-electron chi connectivity index (χ4n) is 1.69. The minimum atomic E-state index is -0.417. The molecule has 98 valence electrons. The number of para-hydroxylation sites is 1. The van der Waals surface area contributed by atoms with Crippen molar-refractivity contribution < 1.29 is 9.59 Å². The molecule has 0 saturated carbocycles. The van der Waals surface area contributed by atoms with E-state index in [4.69, 9.17) is 5.73 Å². The van der Waals surface area contributed by atoms with Crippen molar-refractivity contribution in [3.05, 3.63) is 29.8 Å². The summed E-state index contributed by atoms with van der Waals surface area (Å²) in [5.41, 5.74) is 6.53. The second-order valence-electron chi connectivity index (χ2n) is 3.90. The first-order valence-corrected chi connectivity index (χ1v) is 6.00. The predicted octanol–water partition coefficient (Wildman–Crippen LogP) is 1.59. The fraction of sp³-hybridized carbons (Fsp3) is 0.385. The van der Waals surface area contributed by atoms with Crippen molar-refractivity contribution in [2.24, 2.45) is 5.73 Å². The molecule has 5 nitrogen and oxygen atoms in total. The smallest absolute Gasteiger partial charge is 0.321 e. The van der Waals surface area contributed by atoms with Gasteiger partial charge in [0.2, 0.25) is 5.91 Å². The highest BCUT2D eigenvalue weighted by molar-refractivity contribution is 5.91. The number of carbonyl (C=O) groups is 2.